The summed E-state index contributed by atoms with van der Waals surface area (Å²) in [5.74, 6) is -0.323. The van der Waals surface area contributed by atoms with Gasteiger partial charge in [-0.3, -0.25) is 9.10 Å². The number of carbonyl (C=O) groups excluding carboxylic acids is 1. The van der Waals surface area contributed by atoms with Crippen LogP contribution in [0.3, 0.4) is 0 Å². The number of nitrogens with one attached hydrogen (secondary N) is 1. The smallest absolute Gasteiger partial charge is 0.264 e. The first-order valence-corrected chi connectivity index (χ1v) is 11.6. The van der Waals surface area contributed by atoms with Gasteiger partial charge >= 0.3 is 0 Å². The van der Waals surface area contributed by atoms with E-state index in [4.69, 9.17) is 27.9 Å². The molecular weight excluding hydrogens is 453 g/mol. The second kappa shape index (κ2) is 8.22. The molecule has 1 aliphatic heterocycles. The number of hydrogen-bond donors (Lipinski definition) is 2. The van der Waals surface area contributed by atoms with Crippen molar-refractivity contribution in [2.75, 3.05) is 17.5 Å². The van der Waals surface area contributed by atoms with Crippen molar-refractivity contribution in [1.29, 1.82) is 0 Å². The molecule has 0 spiro atoms. The van der Waals surface area contributed by atoms with E-state index in [0.29, 0.717) is 12.8 Å². The molecule has 1 aromatic carbocycles. The lowest BCUT2D eigenvalue weighted by molar-refractivity contribution is 0.0872. The number of aliphatic hydroxyl groups is 1. The lowest BCUT2D eigenvalue weighted by atomic mass is 10.2. The molecule has 2 N–H and O–H groups in total. The molecule has 8 nitrogen and oxygen atoms in total. The van der Waals surface area contributed by atoms with Crippen LogP contribution in [0.4, 0.5) is 5.69 Å². The van der Waals surface area contributed by atoms with Crippen LogP contribution < -0.4 is 14.4 Å². The Morgan fingerprint density at radius 3 is 2.73 bits per heavy atom. The van der Waals surface area contributed by atoms with Crippen LogP contribution in [0.25, 0.3) is 0 Å². The maximum absolute atomic E-state index is 13.2. The number of benzene rings is 1. The number of aromatic nitrogens is 1. The summed E-state index contributed by atoms with van der Waals surface area (Å²) in [7, 11) is -3.99. The Bertz CT molecular complexity index is 1100. The highest BCUT2D eigenvalue weighted by molar-refractivity contribution is 7.92. The third-order valence-corrected chi connectivity index (χ3v) is 7.72. The third kappa shape index (κ3) is 3.94. The number of anilines is 1. The Labute approximate surface area is 183 Å². The summed E-state index contributed by atoms with van der Waals surface area (Å²) in [4.78, 5) is 16.7. The molecule has 30 heavy (non-hydrogen) atoms. The highest BCUT2D eigenvalue weighted by Gasteiger charge is 2.33. The zero-order valence-corrected chi connectivity index (χ0v) is 18.0. The molecule has 1 aromatic heterocycles. The Morgan fingerprint density at radius 1 is 1.23 bits per heavy atom. The average Bonchev–Trinajstić information content (AvgIpc) is 3.13. The minimum Gasteiger partial charge on any atom is -0.474 e. The number of hydrogen-bond acceptors (Lipinski definition) is 6. The lowest BCUT2D eigenvalue weighted by Crippen LogP contribution is -2.41. The molecule has 2 aliphatic rings. The molecule has 2 atom stereocenters. The molecule has 1 amide bonds. The van der Waals surface area contributed by atoms with E-state index >= 15 is 0 Å². The van der Waals surface area contributed by atoms with Gasteiger partial charge in [0.15, 0.2) is 0 Å². The zero-order chi connectivity index (χ0) is 21.5. The van der Waals surface area contributed by atoms with Gasteiger partial charge in [0.25, 0.3) is 15.9 Å². The second-order valence-corrected chi connectivity index (χ2v) is 9.80. The molecule has 2 unspecified atom stereocenters. The Balaban J connectivity index is 1.66. The molecule has 1 saturated carbocycles. The van der Waals surface area contributed by atoms with Gasteiger partial charge in [-0.15, -0.1) is 0 Å². The fraction of sp³-hybridized carbons (Fsp3) is 0.368. The van der Waals surface area contributed by atoms with Gasteiger partial charge in [-0.25, -0.2) is 13.4 Å². The lowest BCUT2D eigenvalue weighted by Gasteiger charge is -2.30. The number of carbonyl (C=O) groups is 1. The molecule has 1 fully saturated rings. The summed E-state index contributed by atoms with van der Waals surface area (Å²) in [6, 6.07) is 5.14. The molecule has 0 saturated heterocycles. The van der Waals surface area contributed by atoms with Crippen molar-refractivity contribution in [1.82, 2.24) is 10.3 Å². The van der Waals surface area contributed by atoms with Crippen LogP contribution in [-0.4, -0.2) is 49.7 Å². The van der Waals surface area contributed by atoms with Crippen molar-refractivity contribution in [2.45, 2.75) is 36.3 Å². The fourth-order valence-corrected chi connectivity index (χ4v) is 5.40. The predicted octanol–water partition coefficient (Wildman–Crippen LogP) is 2.62. The zero-order valence-electron chi connectivity index (χ0n) is 15.7. The number of aliphatic hydroxyl groups excluding tert-OH is 1. The monoisotopic (exact) mass is 471 g/mol. The van der Waals surface area contributed by atoms with E-state index in [1.165, 1.54) is 30.5 Å². The first-order chi connectivity index (χ1) is 14.3. The SMILES string of the molecule is O=C(NC1CCCC1O)c1cnc2c(c1)N(S(=O)(=O)c1ccc(Cl)c(Cl)c1)CCO2. The maximum atomic E-state index is 13.2. The summed E-state index contributed by atoms with van der Waals surface area (Å²) in [6.45, 7) is 0.157. The minimum absolute atomic E-state index is 0.0336. The predicted molar refractivity (Wildman–Crippen MR) is 112 cm³/mol. The minimum atomic E-state index is -3.99. The van der Waals surface area contributed by atoms with Gasteiger partial charge in [-0.05, 0) is 43.5 Å². The van der Waals surface area contributed by atoms with Gasteiger partial charge in [0.05, 0.1) is 39.2 Å². The number of rotatable bonds is 4. The van der Waals surface area contributed by atoms with Crippen LogP contribution in [0.5, 0.6) is 5.88 Å². The highest BCUT2D eigenvalue weighted by Crippen LogP contribution is 2.35. The molecule has 0 radical (unpaired) electrons. The summed E-state index contributed by atoms with van der Waals surface area (Å²) < 4.78 is 33.1. The third-order valence-electron chi connectivity index (χ3n) is 5.17. The number of ether oxygens (including phenoxy) is 1. The normalized spacial score (nSPS) is 21.1. The Morgan fingerprint density at radius 2 is 2.03 bits per heavy atom. The van der Waals surface area contributed by atoms with Crippen molar-refractivity contribution in [3.63, 3.8) is 0 Å². The van der Waals surface area contributed by atoms with E-state index in [1.807, 2.05) is 0 Å². The first kappa shape index (κ1) is 21.2. The standard InChI is InChI=1S/C19H19Cl2N3O5S/c20-13-5-4-12(9-14(13)21)30(27,28)24-6-7-29-19-16(24)8-11(10-22-19)18(26)23-15-2-1-3-17(15)25/h4-5,8-10,15,17,25H,1-3,6-7H2,(H,23,26). The van der Waals surface area contributed by atoms with Crippen molar-refractivity contribution < 1.29 is 23.1 Å². The largest absolute Gasteiger partial charge is 0.474 e. The quantitative estimate of drug-likeness (QED) is 0.709. The molecule has 160 valence electrons. The molecular formula is C19H19Cl2N3O5S. The summed E-state index contributed by atoms with van der Waals surface area (Å²) in [5.41, 5.74) is 0.333. The van der Waals surface area contributed by atoms with Gasteiger partial charge in [0, 0.05) is 6.20 Å². The number of halogens is 2. The summed E-state index contributed by atoms with van der Waals surface area (Å²) >= 11 is 11.9. The number of sulfonamides is 1. The topological polar surface area (TPSA) is 109 Å². The van der Waals surface area contributed by atoms with Crippen LogP contribution in [0.1, 0.15) is 29.6 Å². The summed E-state index contributed by atoms with van der Waals surface area (Å²) in [5, 5.41) is 13.1. The van der Waals surface area contributed by atoms with Gasteiger partial charge < -0.3 is 15.2 Å². The molecule has 11 heteroatoms. The van der Waals surface area contributed by atoms with Crippen molar-refractivity contribution >= 4 is 44.8 Å². The number of fused-ring (bicyclic) bond motifs is 1. The van der Waals surface area contributed by atoms with Crippen LogP contribution in [0.2, 0.25) is 10.0 Å². The molecule has 4 rings (SSSR count). The molecule has 0 bridgehead atoms. The van der Waals surface area contributed by atoms with E-state index in [-0.39, 0.29) is 51.3 Å². The van der Waals surface area contributed by atoms with Gasteiger partial charge in [-0.2, -0.15) is 0 Å². The molecule has 2 heterocycles. The van der Waals surface area contributed by atoms with Crippen molar-refractivity contribution in [3.05, 3.63) is 46.1 Å². The van der Waals surface area contributed by atoms with Gasteiger partial charge in [0.1, 0.15) is 12.3 Å². The van der Waals surface area contributed by atoms with Crippen LogP contribution >= 0.6 is 23.2 Å². The molecule has 2 aromatic rings. The van der Waals surface area contributed by atoms with Gasteiger partial charge in [0.2, 0.25) is 5.88 Å². The Hall–Kier alpha value is -2.07. The van der Waals surface area contributed by atoms with E-state index in [1.54, 1.807) is 0 Å². The number of amides is 1. The van der Waals surface area contributed by atoms with Crippen LogP contribution in [-0.2, 0) is 10.0 Å². The maximum Gasteiger partial charge on any atom is 0.264 e. The van der Waals surface area contributed by atoms with Crippen molar-refractivity contribution in [2.24, 2.45) is 0 Å². The van der Waals surface area contributed by atoms with E-state index in [9.17, 15) is 18.3 Å². The van der Waals surface area contributed by atoms with E-state index in [0.717, 1.165) is 10.7 Å². The summed E-state index contributed by atoms with van der Waals surface area (Å²) in [6.07, 6.45) is 2.89. The Kier molecular flexibility index (Phi) is 5.80. The van der Waals surface area contributed by atoms with Crippen LogP contribution in [0.15, 0.2) is 35.4 Å². The average molecular weight is 472 g/mol. The fourth-order valence-electron chi connectivity index (χ4n) is 3.58. The first-order valence-electron chi connectivity index (χ1n) is 9.37. The van der Waals surface area contributed by atoms with Gasteiger partial charge in [-0.1, -0.05) is 23.2 Å². The second-order valence-electron chi connectivity index (χ2n) is 7.13. The molecule has 1 aliphatic carbocycles. The van der Waals surface area contributed by atoms with Crippen molar-refractivity contribution in [3.8, 4) is 5.88 Å². The van der Waals surface area contributed by atoms with E-state index < -0.39 is 22.0 Å². The number of nitrogens with zero attached hydrogens (tertiary/aromatic N) is 2. The highest BCUT2D eigenvalue weighted by atomic mass is 35.5. The van der Waals surface area contributed by atoms with E-state index in [2.05, 4.69) is 10.3 Å². The number of pyridine rings is 1. The van der Waals surface area contributed by atoms with Crippen LogP contribution in [0, 0.1) is 0 Å².